The number of para-hydroxylation sites is 1. The number of anilines is 1. The van der Waals surface area contributed by atoms with Gasteiger partial charge >= 0.3 is 0 Å². The molecule has 204 valence electrons. The Balaban J connectivity index is 1.92. The van der Waals surface area contributed by atoms with Gasteiger partial charge in [-0.2, -0.15) is 0 Å². The van der Waals surface area contributed by atoms with E-state index in [1.807, 2.05) is 0 Å². The van der Waals surface area contributed by atoms with E-state index < -0.39 is 33.4 Å². The van der Waals surface area contributed by atoms with E-state index in [0.717, 1.165) is 34.3 Å². The van der Waals surface area contributed by atoms with Crippen LogP contribution in [0.3, 0.4) is 0 Å². The zero-order valence-electron chi connectivity index (χ0n) is 21.2. The second-order valence-electron chi connectivity index (χ2n) is 8.51. The molecule has 0 aromatic heterocycles. The Hall–Kier alpha value is -2.82. The lowest BCUT2D eigenvalue weighted by atomic mass is 10.1. The van der Waals surface area contributed by atoms with E-state index in [0.29, 0.717) is 42.3 Å². The van der Waals surface area contributed by atoms with Crippen LogP contribution in [0.1, 0.15) is 31.4 Å². The first-order valence-corrected chi connectivity index (χ1v) is 14.9. The van der Waals surface area contributed by atoms with E-state index in [4.69, 9.17) is 16.3 Å². The molecule has 0 heterocycles. The second-order valence-corrected chi connectivity index (χ2v) is 11.5. The van der Waals surface area contributed by atoms with Gasteiger partial charge in [0.25, 0.3) is 15.3 Å². The van der Waals surface area contributed by atoms with Gasteiger partial charge in [0.1, 0.15) is 17.4 Å². The topological polar surface area (TPSA) is 66.9 Å². The molecule has 0 saturated carbocycles. The van der Waals surface area contributed by atoms with E-state index in [9.17, 15) is 22.0 Å². The fraction of sp³-hybridized carbons (Fsp3) is 0.296. The number of rotatable bonds is 11. The van der Waals surface area contributed by atoms with Crippen molar-refractivity contribution in [1.82, 2.24) is 4.90 Å². The molecular weight excluding hydrogens is 554 g/mol. The van der Waals surface area contributed by atoms with Crippen molar-refractivity contribution in [1.29, 1.82) is 0 Å². The number of hydrogen-bond donors (Lipinski definition) is 0. The standard InChI is InChI=1S/C27H29ClF2N2O4S2/c1-19(23-8-4-5-9-26(23)36-17-7-6-16-31(2)27(33)37-3)32(25-18-21(29)12-15-24(25)30)38(34,35)22-13-10-20(28)11-14-22/h4-5,8-15,18-19H,6-7,16-17H2,1-3H3. The van der Waals surface area contributed by atoms with Gasteiger partial charge in [-0.1, -0.05) is 41.6 Å². The zero-order valence-corrected chi connectivity index (χ0v) is 23.6. The van der Waals surface area contributed by atoms with Crippen LogP contribution in [-0.2, 0) is 10.0 Å². The van der Waals surface area contributed by atoms with Crippen molar-refractivity contribution in [2.45, 2.75) is 30.7 Å². The Morgan fingerprint density at radius 1 is 1.05 bits per heavy atom. The predicted octanol–water partition coefficient (Wildman–Crippen LogP) is 7.15. The highest BCUT2D eigenvalue weighted by Gasteiger charge is 2.34. The van der Waals surface area contributed by atoms with Gasteiger partial charge in [0, 0.05) is 30.2 Å². The summed E-state index contributed by atoms with van der Waals surface area (Å²) in [6.45, 7) is 2.49. The number of thioether (sulfide) groups is 1. The third-order valence-corrected chi connectivity index (χ3v) is 8.68. The van der Waals surface area contributed by atoms with E-state index in [-0.39, 0.29) is 10.1 Å². The highest BCUT2D eigenvalue weighted by atomic mass is 35.5. The van der Waals surface area contributed by atoms with Gasteiger partial charge in [-0.3, -0.25) is 9.10 Å². The number of amides is 1. The average Bonchev–Trinajstić information content (AvgIpc) is 2.90. The van der Waals surface area contributed by atoms with Gasteiger partial charge in [-0.05, 0) is 68.5 Å². The van der Waals surface area contributed by atoms with Crippen molar-refractivity contribution in [2.75, 3.05) is 30.8 Å². The number of benzene rings is 3. The Kier molecular flexibility index (Phi) is 10.4. The SMILES string of the molecule is CSC(=O)N(C)CCCCOc1ccccc1C(C)N(c1cc(F)ccc1F)S(=O)(=O)c1ccc(Cl)cc1. The molecule has 0 N–H and O–H groups in total. The number of ether oxygens (including phenoxy) is 1. The van der Waals surface area contributed by atoms with Gasteiger partial charge in [-0.25, -0.2) is 17.2 Å². The Morgan fingerprint density at radius 2 is 1.74 bits per heavy atom. The minimum atomic E-state index is -4.35. The van der Waals surface area contributed by atoms with Crippen molar-refractivity contribution in [3.8, 4) is 5.75 Å². The van der Waals surface area contributed by atoms with Crippen LogP contribution in [-0.4, -0.2) is 45.0 Å². The van der Waals surface area contributed by atoms with E-state index in [2.05, 4.69) is 0 Å². The predicted molar refractivity (Wildman–Crippen MR) is 149 cm³/mol. The number of hydrogen-bond acceptors (Lipinski definition) is 5. The highest BCUT2D eigenvalue weighted by Crippen LogP contribution is 2.38. The number of nitrogens with zero attached hydrogens (tertiary/aromatic N) is 2. The first kappa shape index (κ1) is 29.7. The minimum Gasteiger partial charge on any atom is -0.493 e. The summed E-state index contributed by atoms with van der Waals surface area (Å²) in [5, 5.41) is 0.319. The van der Waals surface area contributed by atoms with Crippen LogP contribution < -0.4 is 9.04 Å². The van der Waals surface area contributed by atoms with Crippen molar-refractivity contribution >= 4 is 44.3 Å². The van der Waals surface area contributed by atoms with Crippen LogP contribution >= 0.6 is 23.4 Å². The van der Waals surface area contributed by atoms with Crippen LogP contribution in [0.4, 0.5) is 19.3 Å². The summed E-state index contributed by atoms with van der Waals surface area (Å²) in [6.07, 6.45) is 3.10. The lowest BCUT2D eigenvalue weighted by Gasteiger charge is -2.32. The third-order valence-electron chi connectivity index (χ3n) is 5.87. The maximum absolute atomic E-state index is 15.0. The second kappa shape index (κ2) is 13.3. The van der Waals surface area contributed by atoms with Gasteiger partial charge in [0.2, 0.25) is 0 Å². The number of sulfonamides is 1. The van der Waals surface area contributed by atoms with Crippen molar-refractivity contribution in [3.63, 3.8) is 0 Å². The highest BCUT2D eigenvalue weighted by molar-refractivity contribution is 8.12. The van der Waals surface area contributed by atoms with Crippen LogP contribution in [0.25, 0.3) is 0 Å². The molecule has 11 heteroatoms. The van der Waals surface area contributed by atoms with E-state index >= 15 is 0 Å². The lowest BCUT2D eigenvalue weighted by Crippen LogP contribution is -2.34. The van der Waals surface area contributed by atoms with E-state index in [1.54, 1.807) is 49.4 Å². The molecule has 3 rings (SSSR count). The summed E-state index contributed by atoms with van der Waals surface area (Å²) < 4.78 is 63.6. The molecular formula is C27H29ClF2N2O4S2. The summed E-state index contributed by atoms with van der Waals surface area (Å²) in [5.41, 5.74) is 0.0483. The van der Waals surface area contributed by atoms with Crippen LogP contribution in [0.5, 0.6) is 5.75 Å². The number of carbonyl (C=O) groups is 1. The molecule has 0 aliphatic heterocycles. The molecule has 0 radical (unpaired) electrons. The largest absolute Gasteiger partial charge is 0.493 e. The van der Waals surface area contributed by atoms with Crippen molar-refractivity contribution < 1.29 is 26.7 Å². The Bertz CT molecular complexity index is 1360. The third kappa shape index (κ3) is 7.18. The maximum atomic E-state index is 15.0. The fourth-order valence-electron chi connectivity index (χ4n) is 3.88. The number of halogens is 3. The maximum Gasteiger partial charge on any atom is 0.281 e. The van der Waals surface area contributed by atoms with E-state index in [1.165, 1.54) is 24.3 Å². The average molecular weight is 583 g/mol. The van der Waals surface area contributed by atoms with Gasteiger partial charge in [-0.15, -0.1) is 0 Å². The molecule has 6 nitrogen and oxygen atoms in total. The molecule has 0 aliphatic rings. The van der Waals surface area contributed by atoms with Crippen LogP contribution in [0.2, 0.25) is 5.02 Å². The smallest absolute Gasteiger partial charge is 0.281 e. The van der Waals surface area contributed by atoms with Gasteiger partial charge < -0.3 is 9.64 Å². The van der Waals surface area contributed by atoms with Crippen molar-refractivity contribution in [3.05, 3.63) is 89.0 Å². The molecule has 1 unspecified atom stereocenters. The number of unbranched alkanes of at least 4 members (excludes halogenated alkanes) is 1. The molecule has 1 atom stereocenters. The molecule has 3 aromatic rings. The fourth-order valence-corrected chi connectivity index (χ4v) is 6.05. The quantitative estimate of drug-likeness (QED) is 0.225. The Morgan fingerprint density at radius 3 is 2.42 bits per heavy atom. The number of carbonyl (C=O) groups excluding carboxylic acids is 1. The summed E-state index contributed by atoms with van der Waals surface area (Å²) in [7, 11) is -2.62. The van der Waals surface area contributed by atoms with Gasteiger partial charge in [0.05, 0.1) is 23.2 Å². The lowest BCUT2D eigenvalue weighted by molar-refractivity contribution is 0.230. The zero-order chi connectivity index (χ0) is 27.9. The molecule has 1 amide bonds. The molecule has 38 heavy (non-hydrogen) atoms. The Labute approximate surface area is 231 Å². The normalized spacial score (nSPS) is 12.2. The monoisotopic (exact) mass is 582 g/mol. The van der Waals surface area contributed by atoms with Gasteiger partial charge in [0.15, 0.2) is 0 Å². The first-order valence-electron chi connectivity index (χ1n) is 11.8. The summed E-state index contributed by atoms with van der Waals surface area (Å²) in [5.74, 6) is -1.25. The summed E-state index contributed by atoms with van der Waals surface area (Å²) >= 11 is 7.09. The summed E-state index contributed by atoms with van der Waals surface area (Å²) in [4.78, 5) is 13.2. The van der Waals surface area contributed by atoms with Crippen LogP contribution in [0.15, 0.2) is 71.6 Å². The van der Waals surface area contributed by atoms with Crippen molar-refractivity contribution in [2.24, 2.45) is 0 Å². The first-order chi connectivity index (χ1) is 18.1. The molecule has 0 bridgehead atoms. The molecule has 0 saturated heterocycles. The molecule has 0 spiro atoms. The van der Waals surface area contributed by atoms with Crippen LogP contribution in [0, 0.1) is 11.6 Å². The molecule has 3 aromatic carbocycles. The molecule has 0 aliphatic carbocycles. The molecule has 0 fully saturated rings. The summed E-state index contributed by atoms with van der Waals surface area (Å²) in [6, 6.07) is 14.0. The minimum absolute atomic E-state index is 0.0170.